The number of hydrazine groups is 1. The van der Waals surface area contributed by atoms with E-state index in [0.717, 1.165) is 43.7 Å². The first-order chi connectivity index (χ1) is 10.2. The molecule has 116 valence electrons. The van der Waals surface area contributed by atoms with Gasteiger partial charge in [0.15, 0.2) is 0 Å². The Hall–Kier alpha value is -0.690. The third kappa shape index (κ3) is 3.39. The molecular weight excluding hydrogens is 284 g/mol. The van der Waals surface area contributed by atoms with Gasteiger partial charge in [0.05, 0.1) is 11.6 Å². The molecule has 3 rings (SSSR count). The van der Waals surface area contributed by atoms with Gasteiger partial charge in [-0.15, -0.1) is 0 Å². The van der Waals surface area contributed by atoms with E-state index in [0.29, 0.717) is 5.92 Å². The predicted octanol–water partition coefficient (Wildman–Crippen LogP) is 1.98. The summed E-state index contributed by atoms with van der Waals surface area (Å²) in [5.41, 5.74) is 4.08. The molecule has 3 heterocycles. The van der Waals surface area contributed by atoms with Gasteiger partial charge in [-0.2, -0.15) is 11.8 Å². The van der Waals surface area contributed by atoms with Gasteiger partial charge in [-0.05, 0) is 55.6 Å². The second-order valence-electron chi connectivity index (χ2n) is 6.16. The standard InChI is InChI=1S/C15H24N4OS/c1-11-9-17-14(18-10-11)13(19-16)12-2-5-20-15(8-12)3-6-21-7-4-15/h9-10,12-13,19H,2-8,16H2,1H3. The smallest absolute Gasteiger partial charge is 0.146 e. The second kappa shape index (κ2) is 6.60. The molecule has 1 aromatic heterocycles. The lowest BCUT2D eigenvalue weighted by atomic mass is 9.78. The molecule has 0 aromatic carbocycles. The molecule has 2 fully saturated rings. The summed E-state index contributed by atoms with van der Waals surface area (Å²) >= 11 is 2.03. The molecule has 2 unspecified atom stereocenters. The summed E-state index contributed by atoms with van der Waals surface area (Å²) in [5, 5.41) is 0. The van der Waals surface area contributed by atoms with E-state index in [-0.39, 0.29) is 11.6 Å². The molecule has 0 radical (unpaired) electrons. The molecule has 2 aliphatic heterocycles. The molecular formula is C15H24N4OS. The summed E-state index contributed by atoms with van der Waals surface area (Å²) in [6, 6.07) is 0.0148. The Balaban J connectivity index is 1.75. The van der Waals surface area contributed by atoms with E-state index in [1.54, 1.807) is 0 Å². The first kappa shape index (κ1) is 15.2. The molecule has 3 N–H and O–H groups in total. The van der Waals surface area contributed by atoms with Crippen molar-refractivity contribution in [1.29, 1.82) is 0 Å². The number of thioether (sulfide) groups is 1. The minimum Gasteiger partial charge on any atom is -0.375 e. The molecule has 2 saturated heterocycles. The summed E-state index contributed by atoms with van der Waals surface area (Å²) in [5.74, 6) is 9.46. The van der Waals surface area contributed by atoms with Gasteiger partial charge in [0.2, 0.25) is 0 Å². The van der Waals surface area contributed by atoms with E-state index in [9.17, 15) is 0 Å². The molecule has 0 saturated carbocycles. The molecule has 0 aliphatic carbocycles. The maximum absolute atomic E-state index is 6.16. The van der Waals surface area contributed by atoms with E-state index in [1.807, 2.05) is 31.1 Å². The van der Waals surface area contributed by atoms with Crippen LogP contribution in [0.4, 0.5) is 0 Å². The molecule has 0 bridgehead atoms. The van der Waals surface area contributed by atoms with Crippen LogP contribution in [0.5, 0.6) is 0 Å². The Bertz CT molecular complexity index is 456. The van der Waals surface area contributed by atoms with Crippen molar-refractivity contribution in [3.8, 4) is 0 Å². The molecule has 2 aliphatic rings. The maximum Gasteiger partial charge on any atom is 0.146 e. The summed E-state index contributed by atoms with van der Waals surface area (Å²) in [4.78, 5) is 8.92. The van der Waals surface area contributed by atoms with E-state index in [4.69, 9.17) is 10.6 Å². The molecule has 5 nitrogen and oxygen atoms in total. The first-order valence-corrected chi connectivity index (χ1v) is 8.84. The fourth-order valence-electron chi connectivity index (χ4n) is 3.43. The molecule has 1 spiro atoms. The van der Waals surface area contributed by atoms with E-state index in [2.05, 4.69) is 15.4 Å². The molecule has 1 aromatic rings. The van der Waals surface area contributed by atoms with Gasteiger partial charge in [0, 0.05) is 19.0 Å². The quantitative estimate of drug-likeness (QED) is 0.657. The zero-order chi connectivity index (χ0) is 14.7. The highest BCUT2D eigenvalue weighted by molar-refractivity contribution is 7.99. The summed E-state index contributed by atoms with van der Waals surface area (Å²) in [6.07, 6.45) is 8.10. The van der Waals surface area contributed by atoms with Crippen molar-refractivity contribution in [3.05, 3.63) is 23.8 Å². The van der Waals surface area contributed by atoms with Gasteiger partial charge in [0.25, 0.3) is 0 Å². The van der Waals surface area contributed by atoms with Crippen molar-refractivity contribution >= 4 is 11.8 Å². The average molecular weight is 308 g/mol. The lowest BCUT2D eigenvalue weighted by molar-refractivity contribution is -0.108. The number of aryl methyl sites for hydroxylation is 1. The lowest BCUT2D eigenvalue weighted by Crippen LogP contribution is -2.47. The van der Waals surface area contributed by atoms with Crippen LogP contribution in [-0.4, -0.2) is 33.7 Å². The lowest BCUT2D eigenvalue weighted by Gasteiger charge is -2.44. The van der Waals surface area contributed by atoms with E-state index >= 15 is 0 Å². The van der Waals surface area contributed by atoms with Gasteiger partial charge >= 0.3 is 0 Å². The summed E-state index contributed by atoms with van der Waals surface area (Å²) < 4.78 is 6.16. The number of ether oxygens (including phenoxy) is 1. The van der Waals surface area contributed by atoms with Crippen molar-refractivity contribution in [2.75, 3.05) is 18.1 Å². The number of nitrogens with two attached hydrogens (primary N) is 1. The zero-order valence-electron chi connectivity index (χ0n) is 12.5. The number of nitrogens with one attached hydrogen (secondary N) is 1. The summed E-state index contributed by atoms with van der Waals surface area (Å²) in [7, 11) is 0. The zero-order valence-corrected chi connectivity index (χ0v) is 13.4. The monoisotopic (exact) mass is 308 g/mol. The Kier molecular flexibility index (Phi) is 4.78. The van der Waals surface area contributed by atoms with Crippen LogP contribution in [0.25, 0.3) is 0 Å². The van der Waals surface area contributed by atoms with Gasteiger partial charge in [0.1, 0.15) is 5.82 Å². The number of hydrogen-bond acceptors (Lipinski definition) is 6. The average Bonchev–Trinajstić information content (AvgIpc) is 2.51. The van der Waals surface area contributed by atoms with E-state index in [1.165, 1.54) is 11.5 Å². The number of nitrogens with zero attached hydrogens (tertiary/aromatic N) is 2. The fourth-order valence-corrected chi connectivity index (χ4v) is 4.66. The van der Waals surface area contributed by atoms with Crippen LogP contribution in [0.15, 0.2) is 12.4 Å². The van der Waals surface area contributed by atoms with Crippen LogP contribution in [-0.2, 0) is 4.74 Å². The number of aromatic nitrogens is 2. The Morgan fingerprint density at radius 1 is 1.38 bits per heavy atom. The fraction of sp³-hybridized carbons (Fsp3) is 0.733. The Morgan fingerprint density at radius 2 is 2.10 bits per heavy atom. The normalized spacial score (nSPS) is 26.7. The minimum atomic E-state index is 0.0148. The van der Waals surface area contributed by atoms with Crippen molar-refractivity contribution in [2.24, 2.45) is 11.8 Å². The van der Waals surface area contributed by atoms with Gasteiger partial charge in [-0.3, -0.25) is 5.84 Å². The molecule has 6 heteroatoms. The van der Waals surface area contributed by atoms with Crippen LogP contribution in [0.2, 0.25) is 0 Å². The highest BCUT2D eigenvalue weighted by atomic mass is 32.2. The largest absolute Gasteiger partial charge is 0.375 e. The van der Waals surface area contributed by atoms with Crippen molar-refractivity contribution in [2.45, 2.75) is 44.2 Å². The van der Waals surface area contributed by atoms with Crippen LogP contribution in [0.1, 0.15) is 43.1 Å². The predicted molar refractivity (Wildman–Crippen MR) is 84.8 cm³/mol. The first-order valence-electron chi connectivity index (χ1n) is 7.69. The molecule has 21 heavy (non-hydrogen) atoms. The Labute approximate surface area is 130 Å². The van der Waals surface area contributed by atoms with Crippen LogP contribution >= 0.6 is 11.8 Å². The summed E-state index contributed by atoms with van der Waals surface area (Å²) in [6.45, 7) is 2.82. The Morgan fingerprint density at radius 3 is 2.76 bits per heavy atom. The van der Waals surface area contributed by atoms with Gasteiger partial charge < -0.3 is 4.74 Å². The maximum atomic E-state index is 6.16. The highest BCUT2D eigenvalue weighted by Crippen LogP contribution is 2.42. The van der Waals surface area contributed by atoms with Crippen molar-refractivity contribution in [3.63, 3.8) is 0 Å². The van der Waals surface area contributed by atoms with Crippen LogP contribution in [0, 0.1) is 12.8 Å². The second-order valence-corrected chi connectivity index (χ2v) is 7.38. The molecule has 2 atom stereocenters. The number of rotatable bonds is 3. The third-order valence-electron chi connectivity index (χ3n) is 4.67. The number of hydrogen-bond donors (Lipinski definition) is 2. The SMILES string of the molecule is Cc1cnc(C(NN)C2CCOC3(CCSCC3)C2)nc1. The van der Waals surface area contributed by atoms with Gasteiger partial charge in [-0.1, -0.05) is 0 Å². The topological polar surface area (TPSA) is 73.1 Å². The molecule has 0 amide bonds. The highest BCUT2D eigenvalue weighted by Gasteiger charge is 2.41. The minimum absolute atomic E-state index is 0.0148. The van der Waals surface area contributed by atoms with Crippen LogP contribution in [0.3, 0.4) is 0 Å². The van der Waals surface area contributed by atoms with Crippen LogP contribution < -0.4 is 11.3 Å². The van der Waals surface area contributed by atoms with E-state index < -0.39 is 0 Å². The van der Waals surface area contributed by atoms with Crippen molar-refractivity contribution < 1.29 is 4.74 Å². The van der Waals surface area contributed by atoms with Gasteiger partial charge in [-0.25, -0.2) is 15.4 Å². The van der Waals surface area contributed by atoms with Crippen molar-refractivity contribution in [1.82, 2.24) is 15.4 Å². The third-order valence-corrected chi connectivity index (χ3v) is 5.65.